The van der Waals surface area contributed by atoms with Crippen LogP contribution < -0.4 is 4.74 Å². The van der Waals surface area contributed by atoms with Crippen molar-refractivity contribution in [2.24, 2.45) is 0 Å². The second-order valence-electron chi connectivity index (χ2n) is 3.24. The molecule has 0 unspecified atom stereocenters. The molecule has 0 aliphatic rings. The first-order chi connectivity index (χ1) is 7.74. The molecule has 1 rings (SSSR count). The second kappa shape index (κ2) is 6.98. The maximum atomic E-state index is 11.0. The lowest BCUT2D eigenvalue weighted by Crippen LogP contribution is -2.07. The van der Waals surface area contributed by atoms with Gasteiger partial charge in [-0.2, -0.15) is 0 Å². The number of benzene rings is 1. The van der Waals surface area contributed by atoms with Gasteiger partial charge in [0.2, 0.25) is 0 Å². The zero-order valence-electron chi connectivity index (χ0n) is 9.56. The van der Waals surface area contributed by atoms with Crippen LogP contribution in [0.3, 0.4) is 0 Å². The van der Waals surface area contributed by atoms with Gasteiger partial charge in [0.15, 0.2) is 12.6 Å². The maximum absolute atomic E-state index is 11.0. The molecule has 4 nitrogen and oxygen atoms in total. The minimum absolute atomic E-state index is 0.0443. The van der Waals surface area contributed by atoms with Gasteiger partial charge in [0.25, 0.3) is 0 Å². The Hall–Kier alpha value is -1.39. The highest BCUT2D eigenvalue weighted by Gasteiger charge is 1.99. The van der Waals surface area contributed by atoms with Gasteiger partial charge in [-0.25, -0.2) is 0 Å². The van der Waals surface area contributed by atoms with Crippen LogP contribution in [-0.2, 0) is 9.47 Å². The number of ketones is 1. The number of rotatable bonds is 7. The van der Waals surface area contributed by atoms with E-state index in [1.165, 1.54) is 6.92 Å². The van der Waals surface area contributed by atoms with Crippen molar-refractivity contribution in [1.82, 2.24) is 0 Å². The Morgan fingerprint density at radius 1 is 1.19 bits per heavy atom. The summed E-state index contributed by atoms with van der Waals surface area (Å²) in [5.41, 5.74) is 0.674. The van der Waals surface area contributed by atoms with Crippen LogP contribution in [0, 0.1) is 0 Å². The molecule has 88 valence electrons. The van der Waals surface area contributed by atoms with Crippen molar-refractivity contribution < 1.29 is 19.0 Å². The van der Waals surface area contributed by atoms with Crippen LogP contribution in [0.1, 0.15) is 17.3 Å². The van der Waals surface area contributed by atoms with E-state index in [1.54, 1.807) is 31.4 Å². The summed E-state index contributed by atoms with van der Waals surface area (Å²) in [6, 6.07) is 6.95. The summed E-state index contributed by atoms with van der Waals surface area (Å²) in [6.45, 7) is 2.77. The average Bonchev–Trinajstić information content (AvgIpc) is 2.29. The Balaban J connectivity index is 2.29. The highest BCUT2D eigenvalue weighted by atomic mass is 16.7. The molecule has 0 saturated heterocycles. The molecule has 0 heterocycles. The van der Waals surface area contributed by atoms with Gasteiger partial charge in [0.05, 0.1) is 13.2 Å². The number of methoxy groups -OCH3 is 1. The van der Waals surface area contributed by atoms with Crippen molar-refractivity contribution >= 4 is 5.78 Å². The van der Waals surface area contributed by atoms with Crippen LogP contribution in [-0.4, -0.2) is 32.9 Å². The lowest BCUT2D eigenvalue weighted by atomic mass is 10.1. The first kappa shape index (κ1) is 12.7. The predicted molar refractivity (Wildman–Crippen MR) is 59.8 cm³/mol. The van der Waals surface area contributed by atoms with E-state index in [1.807, 2.05) is 0 Å². The molecular weight excluding hydrogens is 208 g/mol. The van der Waals surface area contributed by atoms with Crippen molar-refractivity contribution in [3.63, 3.8) is 0 Å². The molecule has 0 amide bonds. The van der Waals surface area contributed by atoms with Crippen LogP contribution in [0.15, 0.2) is 24.3 Å². The molecule has 0 N–H and O–H groups in total. The molecule has 1 aromatic carbocycles. The zero-order chi connectivity index (χ0) is 11.8. The Morgan fingerprint density at radius 3 is 2.44 bits per heavy atom. The molecular formula is C12H16O4. The number of carbonyl (C=O) groups is 1. The maximum Gasteiger partial charge on any atom is 0.189 e. The monoisotopic (exact) mass is 224 g/mol. The highest BCUT2D eigenvalue weighted by Crippen LogP contribution is 2.12. The summed E-state index contributed by atoms with van der Waals surface area (Å²) in [5, 5.41) is 0. The summed E-state index contributed by atoms with van der Waals surface area (Å²) in [5.74, 6) is 0.727. The first-order valence-electron chi connectivity index (χ1n) is 5.04. The molecule has 0 saturated carbocycles. The Bertz CT molecular complexity index is 318. The van der Waals surface area contributed by atoms with E-state index in [0.717, 1.165) is 0 Å². The fourth-order valence-electron chi connectivity index (χ4n) is 1.10. The quantitative estimate of drug-likeness (QED) is 0.403. The molecule has 0 radical (unpaired) electrons. The van der Waals surface area contributed by atoms with E-state index < -0.39 is 0 Å². The fourth-order valence-corrected chi connectivity index (χ4v) is 1.10. The summed E-state index contributed by atoms with van der Waals surface area (Å²) in [4.78, 5) is 11.0. The Morgan fingerprint density at radius 2 is 1.88 bits per heavy atom. The summed E-state index contributed by atoms with van der Waals surface area (Å²) < 4.78 is 15.3. The van der Waals surface area contributed by atoms with Crippen molar-refractivity contribution in [2.75, 3.05) is 27.1 Å². The third-order valence-corrected chi connectivity index (χ3v) is 2.00. The van der Waals surface area contributed by atoms with Gasteiger partial charge < -0.3 is 14.2 Å². The molecule has 0 aliphatic carbocycles. The number of carbonyl (C=O) groups excluding carboxylic acids is 1. The van der Waals surface area contributed by atoms with Gasteiger partial charge in [-0.15, -0.1) is 0 Å². The molecule has 0 bridgehead atoms. The minimum Gasteiger partial charge on any atom is -0.468 e. The molecule has 0 fully saturated rings. The minimum atomic E-state index is 0.0443. The van der Waals surface area contributed by atoms with Gasteiger partial charge in [-0.1, -0.05) is 0 Å². The lowest BCUT2D eigenvalue weighted by molar-refractivity contribution is -0.00847. The predicted octanol–water partition coefficient (Wildman–Crippen LogP) is 1.89. The molecule has 0 spiro atoms. The standard InChI is InChI=1S/C12H16O4/c1-10(13)11-3-5-12(6-4-11)16-9-15-8-7-14-2/h3-6H,7-9H2,1-2H3. The molecule has 0 aliphatic heterocycles. The SMILES string of the molecule is COCCOCOc1ccc(C(C)=O)cc1. The van der Waals surface area contributed by atoms with Crippen molar-refractivity contribution in [2.45, 2.75) is 6.92 Å². The second-order valence-corrected chi connectivity index (χ2v) is 3.24. The van der Waals surface area contributed by atoms with Gasteiger partial charge in [0.1, 0.15) is 5.75 Å². The van der Waals surface area contributed by atoms with Crippen LogP contribution in [0.25, 0.3) is 0 Å². The van der Waals surface area contributed by atoms with Crippen molar-refractivity contribution in [1.29, 1.82) is 0 Å². The number of Topliss-reactive ketones (excluding diaryl/α,β-unsaturated/α-hetero) is 1. The third-order valence-electron chi connectivity index (χ3n) is 2.00. The van der Waals surface area contributed by atoms with E-state index in [0.29, 0.717) is 24.5 Å². The molecule has 0 atom stereocenters. The summed E-state index contributed by atoms with van der Waals surface area (Å²) >= 11 is 0. The van der Waals surface area contributed by atoms with Crippen molar-refractivity contribution in [3.05, 3.63) is 29.8 Å². The first-order valence-corrected chi connectivity index (χ1v) is 5.04. The molecule has 0 aromatic heterocycles. The zero-order valence-corrected chi connectivity index (χ0v) is 9.56. The lowest BCUT2D eigenvalue weighted by Gasteiger charge is -2.07. The topological polar surface area (TPSA) is 44.8 Å². The molecule has 4 heteroatoms. The van der Waals surface area contributed by atoms with Gasteiger partial charge in [0, 0.05) is 12.7 Å². The number of hydrogen-bond donors (Lipinski definition) is 0. The van der Waals surface area contributed by atoms with Crippen LogP contribution in [0.5, 0.6) is 5.75 Å². The van der Waals surface area contributed by atoms with E-state index in [-0.39, 0.29) is 12.6 Å². The van der Waals surface area contributed by atoms with Gasteiger partial charge >= 0.3 is 0 Å². The average molecular weight is 224 g/mol. The van der Waals surface area contributed by atoms with E-state index in [2.05, 4.69) is 0 Å². The Kier molecular flexibility index (Phi) is 5.53. The van der Waals surface area contributed by atoms with Crippen molar-refractivity contribution in [3.8, 4) is 5.75 Å². The summed E-state index contributed by atoms with van der Waals surface area (Å²) in [6.07, 6.45) is 0. The molecule has 1 aromatic rings. The summed E-state index contributed by atoms with van der Waals surface area (Å²) in [7, 11) is 1.62. The van der Waals surface area contributed by atoms with E-state index in [4.69, 9.17) is 14.2 Å². The molecule has 16 heavy (non-hydrogen) atoms. The smallest absolute Gasteiger partial charge is 0.189 e. The Labute approximate surface area is 95.1 Å². The van der Waals surface area contributed by atoms with Gasteiger partial charge in [-0.3, -0.25) is 4.79 Å². The van der Waals surface area contributed by atoms with Gasteiger partial charge in [-0.05, 0) is 31.2 Å². The van der Waals surface area contributed by atoms with E-state index in [9.17, 15) is 4.79 Å². The number of ether oxygens (including phenoxy) is 3. The van der Waals surface area contributed by atoms with Crippen LogP contribution >= 0.6 is 0 Å². The van der Waals surface area contributed by atoms with Crippen LogP contribution in [0.4, 0.5) is 0 Å². The third kappa shape index (κ3) is 4.42. The normalized spacial score (nSPS) is 10.1. The fraction of sp³-hybridized carbons (Fsp3) is 0.417. The van der Waals surface area contributed by atoms with Crippen LogP contribution in [0.2, 0.25) is 0 Å². The largest absolute Gasteiger partial charge is 0.468 e. The number of hydrogen-bond acceptors (Lipinski definition) is 4. The van der Waals surface area contributed by atoms with E-state index >= 15 is 0 Å². The highest BCUT2D eigenvalue weighted by molar-refractivity contribution is 5.94.